The number of piperidine rings is 1. The fourth-order valence-electron chi connectivity index (χ4n) is 4.48. The predicted octanol–water partition coefficient (Wildman–Crippen LogP) is 2.96. The van der Waals surface area contributed by atoms with E-state index in [0.29, 0.717) is 49.2 Å². The number of pyridine rings is 2. The standard InChI is InChI=1S/C24H26ClFN4O3/c25-19-12-29-20-2-1-15(26)9-18(20)17(19)3-5-30-6-4-21(22(31)14-30)28-11-16-10-23-24(13-27-16)33-8-7-32-23/h1-2,9-10,12-13,21-22,28,31H,3-8,11,14H2/t21-,22+/m1/s1. The van der Waals surface area contributed by atoms with Gasteiger partial charge in [-0.2, -0.15) is 0 Å². The molecule has 2 atom stereocenters. The zero-order chi connectivity index (χ0) is 22.8. The third-order valence-electron chi connectivity index (χ3n) is 6.27. The van der Waals surface area contributed by atoms with Crippen molar-refractivity contribution in [2.24, 2.45) is 0 Å². The zero-order valence-corrected chi connectivity index (χ0v) is 18.9. The van der Waals surface area contributed by atoms with E-state index in [2.05, 4.69) is 20.2 Å². The lowest BCUT2D eigenvalue weighted by Crippen LogP contribution is -2.52. The fourth-order valence-corrected chi connectivity index (χ4v) is 4.72. The summed E-state index contributed by atoms with van der Waals surface area (Å²) in [5.41, 5.74) is 2.47. The van der Waals surface area contributed by atoms with Gasteiger partial charge in [-0.15, -0.1) is 0 Å². The molecule has 33 heavy (non-hydrogen) atoms. The molecule has 2 aliphatic heterocycles. The lowest BCUT2D eigenvalue weighted by atomic mass is 10.0. The van der Waals surface area contributed by atoms with Crippen molar-refractivity contribution in [3.8, 4) is 11.5 Å². The van der Waals surface area contributed by atoms with Crippen molar-refractivity contribution in [2.45, 2.75) is 31.5 Å². The van der Waals surface area contributed by atoms with Crippen LogP contribution in [0.4, 0.5) is 4.39 Å². The van der Waals surface area contributed by atoms with Gasteiger partial charge in [0.05, 0.1) is 28.5 Å². The molecule has 5 rings (SSSR count). The number of likely N-dealkylation sites (tertiary alicyclic amines) is 1. The minimum absolute atomic E-state index is 0.0179. The van der Waals surface area contributed by atoms with Gasteiger partial charge in [0.15, 0.2) is 11.5 Å². The second kappa shape index (κ2) is 9.77. The van der Waals surface area contributed by atoms with Crippen LogP contribution in [0.25, 0.3) is 10.9 Å². The highest BCUT2D eigenvalue weighted by atomic mass is 35.5. The van der Waals surface area contributed by atoms with Gasteiger partial charge in [0.2, 0.25) is 0 Å². The summed E-state index contributed by atoms with van der Waals surface area (Å²) in [6.45, 7) is 3.75. The van der Waals surface area contributed by atoms with Crippen molar-refractivity contribution >= 4 is 22.5 Å². The number of ether oxygens (including phenoxy) is 2. The smallest absolute Gasteiger partial charge is 0.179 e. The molecule has 0 saturated carbocycles. The molecule has 2 N–H and O–H groups in total. The second-order valence-corrected chi connectivity index (χ2v) is 8.87. The van der Waals surface area contributed by atoms with Crippen molar-refractivity contribution in [1.82, 2.24) is 20.2 Å². The van der Waals surface area contributed by atoms with Crippen LogP contribution in [0.3, 0.4) is 0 Å². The monoisotopic (exact) mass is 472 g/mol. The highest BCUT2D eigenvalue weighted by molar-refractivity contribution is 6.32. The van der Waals surface area contributed by atoms with Crippen LogP contribution in [-0.4, -0.2) is 65.0 Å². The highest BCUT2D eigenvalue weighted by Crippen LogP contribution is 2.29. The number of nitrogens with zero attached hydrogens (tertiary/aromatic N) is 3. The first-order valence-corrected chi connectivity index (χ1v) is 11.6. The minimum Gasteiger partial charge on any atom is -0.486 e. The van der Waals surface area contributed by atoms with Crippen LogP contribution in [0.5, 0.6) is 11.5 Å². The average Bonchev–Trinajstić information content (AvgIpc) is 2.82. The Bertz CT molecular complexity index is 1140. The lowest BCUT2D eigenvalue weighted by Gasteiger charge is -2.36. The van der Waals surface area contributed by atoms with Gasteiger partial charge in [-0.3, -0.25) is 9.97 Å². The number of aliphatic hydroxyl groups is 1. The van der Waals surface area contributed by atoms with Crippen molar-refractivity contribution < 1.29 is 19.0 Å². The van der Waals surface area contributed by atoms with Crippen LogP contribution in [-0.2, 0) is 13.0 Å². The van der Waals surface area contributed by atoms with Crippen molar-refractivity contribution in [3.63, 3.8) is 0 Å². The van der Waals surface area contributed by atoms with E-state index in [0.717, 1.165) is 41.7 Å². The van der Waals surface area contributed by atoms with Crippen molar-refractivity contribution in [3.05, 3.63) is 58.8 Å². The molecule has 1 fully saturated rings. The number of hydrogen-bond donors (Lipinski definition) is 2. The molecule has 0 unspecified atom stereocenters. The molecule has 0 bridgehead atoms. The van der Waals surface area contributed by atoms with Crippen molar-refractivity contribution in [1.29, 1.82) is 0 Å². The van der Waals surface area contributed by atoms with Crippen LogP contribution in [0, 0.1) is 5.82 Å². The van der Waals surface area contributed by atoms with Gasteiger partial charge in [-0.05, 0) is 43.1 Å². The minimum atomic E-state index is -0.502. The first kappa shape index (κ1) is 22.3. The van der Waals surface area contributed by atoms with Crippen LogP contribution in [0.2, 0.25) is 5.02 Å². The van der Waals surface area contributed by atoms with E-state index in [1.807, 2.05) is 6.07 Å². The summed E-state index contributed by atoms with van der Waals surface area (Å²) in [4.78, 5) is 10.9. The Kier molecular flexibility index (Phi) is 6.59. The first-order valence-electron chi connectivity index (χ1n) is 11.2. The van der Waals surface area contributed by atoms with Gasteiger partial charge >= 0.3 is 0 Å². The molecular formula is C24H26ClFN4O3. The maximum absolute atomic E-state index is 13.8. The van der Waals surface area contributed by atoms with E-state index in [4.69, 9.17) is 21.1 Å². The van der Waals surface area contributed by atoms with Crippen LogP contribution >= 0.6 is 11.6 Å². The SMILES string of the molecule is O[C@H]1CN(CCc2c(Cl)cnc3ccc(F)cc23)CC[C@H]1NCc1cc2c(cn1)OCCO2. The fraction of sp³-hybridized carbons (Fsp3) is 0.417. The largest absolute Gasteiger partial charge is 0.486 e. The Labute approximate surface area is 196 Å². The summed E-state index contributed by atoms with van der Waals surface area (Å²) in [5.74, 6) is 1.08. The van der Waals surface area contributed by atoms with E-state index in [9.17, 15) is 9.50 Å². The van der Waals surface area contributed by atoms with Crippen molar-refractivity contribution in [2.75, 3.05) is 32.8 Å². The van der Waals surface area contributed by atoms with E-state index in [1.165, 1.54) is 12.1 Å². The lowest BCUT2D eigenvalue weighted by molar-refractivity contribution is 0.0403. The Morgan fingerprint density at radius 3 is 2.85 bits per heavy atom. The molecule has 174 valence electrons. The summed E-state index contributed by atoms with van der Waals surface area (Å²) in [7, 11) is 0. The second-order valence-electron chi connectivity index (χ2n) is 8.46. The molecular weight excluding hydrogens is 447 g/mol. The molecule has 3 aromatic rings. The van der Waals surface area contributed by atoms with Gasteiger partial charge in [-0.1, -0.05) is 11.6 Å². The molecule has 0 aliphatic carbocycles. The summed E-state index contributed by atoms with van der Waals surface area (Å²) in [6, 6.07) is 6.43. The Hall–Kier alpha value is -2.52. The summed E-state index contributed by atoms with van der Waals surface area (Å²) >= 11 is 6.38. The van der Waals surface area contributed by atoms with Gasteiger partial charge < -0.3 is 24.8 Å². The van der Waals surface area contributed by atoms with Gasteiger partial charge in [0, 0.05) is 43.3 Å². The quantitative estimate of drug-likeness (QED) is 0.571. The Balaban J connectivity index is 1.16. The number of benzene rings is 1. The van der Waals surface area contributed by atoms with E-state index in [1.54, 1.807) is 18.5 Å². The predicted molar refractivity (Wildman–Crippen MR) is 123 cm³/mol. The molecule has 4 heterocycles. The first-order chi connectivity index (χ1) is 16.1. The third kappa shape index (κ3) is 5.04. The number of halogens is 2. The van der Waals surface area contributed by atoms with E-state index in [-0.39, 0.29) is 11.9 Å². The summed E-state index contributed by atoms with van der Waals surface area (Å²) in [6.07, 6.45) is 4.27. The van der Waals surface area contributed by atoms with Crippen LogP contribution in [0.15, 0.2) is 36.7 Å². The normalized spacial score (nSPS) is 20.8. The highest BCUT2D eigenvalue weighted by Gasteiger charge is 2.27. The summed E-state index contributed by atoms with van der Waals surface area (Å²) in [5, 5.41) is 15.4. The molecule has 0 spiro atoms. The molecule has 0 amide bonds. The molecule has 9 heteroatoms. The molecule has 1 saturated heterocycles. The number of aromatic nitrogens is 2. The molecule has 2 aromatic heterocycles. The van der Waals surface area contributed by atoms with E-state index >= 15 is 0 Å². The number of aliphatic hydroxyl groups excluding tert-OH is 1. The molecule has 1 aromatic carbocycles. The topological polar surface area (TPSA) is 79.7 Å². The third-order valence-corrected chi connectivity index (χ3v) is 6.59. The van der Waals surface area contributed by atoms with E-state index < -0.39 is 6.10 Å². The zero-order valence-electron chi connectivity index (χ0n) is 18.1. The number of β-amino-alcohol motifs (C(OH)–C–C–N with tert-alkyl or cyclic N) is 1. The molecule has 2 aliphatic rings. The van der Waals surface area contributed by atoms with Gasteiger partial charge in [-0.25, -0.2) is 4.39 Å². The number of nitrogens with one attached hydrogen (secondary N) is 1. The average molecular weight is 473 g/mol. The maximum atomic E-state index is 13.8. The Morgan fingerprint density at radius 1 is 1.15 bits per heavy atom. The Morgan fingerprint density at radius 2 is 2.00 bits per heavy atom. The molecule has 0 radical (unpaired) electrons. The van der Waals surface area contributed by atoms with Gasteiger partial charge in [0.25, 0.3) is 0 Å². The maximum Gasteiger partial charge on any atom is 0.179 e. The number of fused-ring (bicyclic) bond motifs is 2. The number of hydrogen-bond acceptors (Lipinski definition) is 7. The van der Waals surface area contributed by atoms with Crippen LogP contribution in [0.1, 0.15) is 17.7 Å². The molecule has 7 nitrogen and oxygen atoms in total. The van der Waals surface area contributed by atoms with Gasteiger partial charge in [0.1, 0.15) is 19.0 Å². The number of rotatable bonds is 6. The summed E-state index contributed by atoms with van der Waals surface area (Å²) < 4.78 is 24.9. The van der Waals surface area contributed by atoms with Crippen LogP contribution < -0.4 is 14.8 Å².